The molecule has 0 amide bonds. The first-order valence-electron chi connectivity index (χ1n) is 4.71. The van der Waals surface area contributed by atoms with E-state index in [1.165, 1.54) is 0 Å². The molecule has 0 radical (unpaired) electrons. The SMILES string of the molecule is CCN(c1ccccc1O)C(C)C. The number of rotatable bonds is 3. The minimum Gasteiger partial charge on any atom is -0.506 e. The minimum absolute atomic E-state index is 0.359. The first-order chi connectivity index (χ1) is 6.16. The van der Waals surface area contributed by atoms with Crippen LogP contribution in [0.2, 0.25) is 0 Å². The number of anilines is 1. The smallest absolute Gasteiger partial charge is 0.138 e. The van der Waals surface area contributed by atoms with Crippen LogP contribution in [0.5, 0.6) is 5.75 Å². The summed E-state index contributed by atoms with van der Waals surface area (Å²) < 4.78 is 0. The topological polar surface area (TPSA) is 23.5 Å². The van der Waals surface area contributed by atoms with Crippen LogP contribution in [0.3, 0.4) is 0 Å². The summed E-state index contributed by atoms with van der Waals surface area (Å²) in [5.41, 5.74) is 0.917. The maximum atomic E-state index is 9.62. The summed E-state index contributed by atoms with van der Waals surface area (Å²) in [6.45, 7) is 7.24. The Balaban J connectivity index is 2.97. The van der Waals surface area contributed by atoms with Crippen molar-refractivity contribution >= 4 is 5.69 Å². The molecule has 72 valence electrons. The van der Waals surface area contributed by atoms with Gasteiger partial charge in [-0.1, -0.05) is 12.1 Å². The second kappa shape index (κ2) is 4.17. The monoisotopic (exact) mass is 179 g/mol. The number of para-hydroxylation sites is 2. The van der Waals surface area contributed by atoms with Gasteiger partial charge in [0.1, 0.15) is 5.75 Å². The molecule has 0 fully saturated rings. The van der Waals surface area contributed by atoms with E-state index in [1.807, 2.05) is 18.2 Å². The van der Waals surface area contributed by atoms with Crippen LogP contribution in [-0.2, 0) is 0 Å². The van der Waals surface area contributed by atoms with Crippen molar-refractivity contribution < 1.29 is 5.11 Å². The van der Waals surface area contributed by atoms with E-state index in [0.29, 0.717) is 11.8 Å². The first-order valence-corrected chi connectivity index (χ1v) is 4.71. The van der Waals surface area contributed by atoms with Crippen molar-refractivity contribution in [1.29, 1.82) is 0 Å². The molecule has 1 rings (SSSR count). The summed E-state index contributed by atoms with van der Waals surface area (Å²) in [4.78, 5) is 2.16. The van der Waals surface area contributed by atoms with E-state index in [0.717, 1.165) is 12.2 Å². The van der Waals surface area contributed by atoms with Crippen molar-refractivity contribution in [2.75, 3.05) is 11.4 Å². The molecule has 0 bridgehead atoms. The molecule has 0 atom stereocenters. The molecule has 0 aromatic heterocycles. The largest absolute Gasteiger partial charge is 0.506 e. The number of nitrogens with zero attached hydrogens (tertiary/aromatic N) is 1. The van der Waals surface area contributed by atoms with E-state index in [1.54, 1.807) is 6.07 Å². The zero-order valence-electron chi connectivity index (χ0n) is 8.49. The van der Waals surface area contributed by atoms with E-state index in [4.69, 9.17) is 0 Å². The number of hydrogen-bond donors (Lipinski definition) is 1. The molecule has 0 saturated carbocycles. The van der Waals surface area contributed by atoms with Gasteiger partial charge in [0.15, 0.2) is 0 Å². The van der Waals surface area contributed by atoms with Crippen molar-refractivity contribution in [3.8, 4) is 5.75 Å². The summed E-state index contributed by atoms with van der Waals surface area (Å²) >= 11 is 0. The van der Waals surface area contributed by atoms with Crippen LogP contribution in [0.4, 0.5) is 5.69 Å². The third-order valence-electron chi connectivity index (χ3n) is 2.16. The van der Waals surface area contributed by atoms with Crippen molar-refractivity contribution in [3.63, 3.8) is 0 Å². The average molecular weight is 179 g/mol. The van der Waals surface area contributed by atoms with Crippen LogP contribution in [0.1, 0.15) is 20.8 Å². The normalized spacial score (nSPS) is 10.5. The zero-order chi connectivity index (χ0) is 9.84. The van der Waals surface area contributed by atoms with Gasteiger partial charge in [-0.05, 0) is 32.9 Å². The number of hydrogen-bond acceptors (Lipinski definition) is 2. The molecule has 2 nitrogen and oxygen atoms in total. The molecule has 13 heavy (non-hydrogen) atoms. The van der Waals surface area contributed by atoms with Crippen molar-refractivity contribution in [3.05, 3.63) is 24.3 Å². The van der Waals surface area contributed by atoms with Gasteiger partial charge in [-0.2, -0.15) is 0 Å². The Kier molecular flexibility index (Phi) is 3.18. The highest BCUT2D eigenvalue weighted by atomic mass is 16.3. The highest BCUT2D eigenvalue weighted by Crippen LogP contribution is 2.27. The second-order valence-corrected chi connectivity index (χ2v) is 3.37. The van der Waals surface area contributed by atoms with Gasteiger partial charge in [0.2, 0.25) is 0 Å². The molecule has 0 spiro atoms. The third-order valence-corrected chi connectivity index (χ3v) is 2.16. The highest BCUT2D eigenvalue weighted by Gasteiger charge is 2.10. The van der Waals surface area contributed by atoms with Gasteiger partial charge in [0.05, 0.1) is 5.69 Å². The zero-order valence-corrected chi connectivity index (χ0v) is 8.49. The lowest BCUT2D eigenvalue weighted by molar-refractivity contribution is 0.472. The van der Waals surface area contributed by atoms with E-state index in [2.05, 4.69) is 25.7 Å². The molecule has 1 aromatic rings. The van der Waals surface area contributed by atoms with Gasteiger partial charge >= 0.3 is 0 Å². The maximum absolute atomic E-state index is 9.62. The maximum Gasteiger partial charge on any atom is 0.138 e. The Morgan fingerprint density at radius 3 is 2.38 bits per heavy atom. The molecule has 2 heteroatoms. The molecular formula is C11H17NO. The van der Waals surface area contributed by atoms with E-state index < -0.39 is 0 Å². The van der Waals surface area contributed by atoms with Gasteiger partial charge in [-0.15, -0.1) is 0 Å². The molecular weight excluding hydrogens is 162 g/mol. The minimum atomic E-state index is 0.359. The number of phenols is 1. The highest BCUT2D eigenvalue weighted by molar-refractivity contribution is 5.57. The molecule has 1 N–H and O–H groups in total. The summed E-state index contributed by atoms with van der Waals surface area (Å²) in [6, 6.07) is 7.87. The number of phenolic OH excluding ortho intramolecular Hbond substituents is 1. The molecule has 0 heterocycles. The number of benzene rings is 1. The van der Waals surface area contributed by atoms with Crippen molar-refractivity contribution in [1.82, 2.24) is 0 Å². The van der Waals surface area contributed by atoms with Gasteiger partial charge in [-0.3, -0.25) is 0 Å². The lowest BCUT2D eigenvalue weighted by atomic mass is 10.2. The van der Waals surface area contributed by atoms with Gasteiger partial charge in [0, 0.05) is 12.6 Å². The quantitative estimate of drug-likeness (QED) is 0.771. The summed E-state index contributed by atoms with van der Waals surface area (Å²) in [5.74, 6) is 0.359. The average Bonchev–Trinajstić information content (AvgIpc) is 2.09. The van der Waals surface area contributed by atoms with Crippen molar-refractivity contribution in [2.24, 2.45) is 0 Å². The van der Waals surface area contributed by atoms with Crippen LogP contribution in [0, 0.1) is 0 Å². The Morgan fingerprint density at radius 2 is 1.92 bits per heavy atom. The first kappa shape index (κ1) is 9.90. The summed E-state index contributed by atoms with van der Waals surface area (Å²) in [5, 5.41) is 9.62. The molecule has 0 aliphatic heterocycles. The fraction of sp³-hybridized carbons (Fsp3) is 0.455. The molecule has 0 aliphatic rings. The van der Waals surface area contributed by atoms with Gasteiger partial charge < -0.3 is 10.0 Å². The van der Waals surface area contributed by atoms with Crippen LogP contribution >= 0.6 is 0 Å². The predicted octanol–water partition coefficient (Wildman–Crippen LogP) is 2.63. The van der Waals surface area contributed by atoms with Crippen LogP contribution in [-0.4, -0.2) is 17.7 Å². The summed E-state index contributed by atoms with van der Waals surface area (Å²) in [6.07, 6.45) is 0. The lowest BCUT2D eigenvalue weighted by Gasteiger charge is -2.27. The van der Waals surface area contributed by atoms with Gasteiger partial charge in [-0.25, -0.2) is 0 Å². The molecule has 0 unspecified atom stereocenters. The van der Waals surface area contributed by atoms with Crippen LogP contribution < -0.4 is 4.90 Å². The van der Waals surface area contributed by atoms with Gasteiger partial charge in [0.25, 0.3) is 0 Å². The molecule has 1 aromatic carbocycles. The standard InChI is InChI=1S/C11H17NO/c1-4-12(9(2)3)10-7-5-6-8-11(10)13/h5-9,13H,4H2,1-3H3. The van der Waals surface area contributed by atoms with E-state index in [9.17, 15) is 5.11 Å². The third kappa shape index (κ3) is 2.14. The fourth-order valence-corrected chi connectivity index (χ4v) is 1.52. The van der Waals surface area contributed by atoms with E-state index in [-0.39, 0.29) is 0 Å². The fourth-order valence-electron chi connectivity index (χ4n) is 1.52. The predicted molar refractivity (Wildman–Crippen MR) is 56.3 cm³/mol. The Hall–Kier alpha value is -1.18. The lowest BCUT2D eigenvalue weighted by Crippen LogP contribution is -2.30. The second-order valence-electron chi connectivity index (χ2n) is 3.37. The number of aromatic hydroxyl groups is 1. The van der Waals surface area contributed by atoms with Crippen LogP contribution in [0.25, 0.3) is 0 Å². The Morgan fingerprint density at radius 1 is 1.31 bits per heavy atom. The Labute approximate surface area is 79.8 Å². The Bertz CT molecular complexity index is 271. The molecule has 0 aliphatic carbocycles. The van der Waals surface area contributed by atoms with Crippen molar-refractivity contribution in [2.45, 2.75) is 26.8 Å². The van der Waals surface area contributed by atoms with Crippen LogP contribution in [0.15, 0.2) is 24.3 Å². The molecule has 0 saturated heterocycles. The van der Waals surface area contributed by atoms with E-state index >= 15 is 0 Å². The summed E-state index contributed by atoms with van der Waals surface area (Å²) in [7, 11) is 0.